The minimum absolute atomic E-state index is 0.0898. The van der Waals surface area contributed by atoms with E-state index in [9.17, 15) is 4.79 Å². The summed E-state index contributed by atoms with van der Waals surface area (Å²) in [6.07, 6.45) is 1.49. The molecule has 0 aromatic heterocycles. The van der Waals surface area contributed by atoms with E-state index < -0.39 is 5.41 Å². The lowest BCUT2D eigenvalue weighted by molar-refractivity contribution is -0.128. The second kappa shape index (κ2) is 9.88. The van der Waals surface area contributed by atoms with Gasteiger partial charge in [0.1, 0.15) is 5.75 Å². The molecule has 4 nitrogen and oxygen atoms in total. The number of benzene rings is 2. The highest BCUT2D eigenvalue weighted by molar-refractivity contribution is 7.80. The Balaban J connectivity index is 1.84. The molecule has 0 radical (unpaired) electrons. The molecule has 29 heavy (non-hydrogen) atoms. The molecule has 0 fully saturated rings. The molecule has 0 unspecified atom stereocenters. The largest absolute Gasteiger partial charge is 0.493 e. The molecule has 2 N–H and O–H groups in total. The normalized spacial score (nSPS) is 11.1. The van der Waals surface area contributed by atoms with Crippen molar-refractivity contribution < 1.29 is 9.53 Å². The van der Waals surface area contributed by atoms with Crippen molar-refractivity contribution in [2.45, 2.75) is 54.4 Å². The third-order valence-electron chi connectivity index (χ3n) is 5.11. The van der Waals surface area contributed by atoms with Gasteiger partial charge >= 0.3 is 0 Å². The van der Waals surface area contributed by atoms with Crippen molar-refractivity contribution >= 4 is 28.9 Å². The first-order valence-electron chi connectivity index (χ1n) is 9.99. The van der Waals surface area contributed by atoms with Crippen molar-refractivity contribution in [3.63, 3.8) is 0 Å². The lowest BCUT2D eigenvalue weighted by Crippen LogP contribution is -2.42. The minimum Gasteiger partial charge on any atom is -0.493 e. The summed E-state index contributed by atoms with van der Waals surface area (Å²) in [7, 11) is 0. The Morgan fingerprint density at radius 3 is 2.34 bits per heavy atom. The first-order valence-corrected chi connectivity index (χ1v) is 10.4. The van der Waals surface area contributed by atoms with Gasteiger partial charge in [0, 0.05) is 11.1 Å². The fourth-order valence-corrected chi connectivity index (χ4v) is 3.30. The third kappa shape index (κ3) is 6.57. The van der Waals surface area contributed by atoms with Crippen LogP contribution in [0, 0.1) is 33.1 Å². The van der Waals surface area contributed by atoms with Gasteiger partial charge in [0.2, 0.25) is 5.91 Å². The highest BCUT2D eigenvalue weighted by Crippen LogP contribution is 2.25. The summed E-state index contributed by atoms with van der Waals surface area (Å²) in [5.74, 6) is 0.819. The van der Waals surface area contributed by atoms with E-state index in [1.807, 2.05) is 58.9 Å². The van der Waals surface area contributed by atoms with Crippen LogP contribution < -0.4 is 15.4 Å². The zero-order valence-electron chi connectivity index (χ0n) is 18.3. The van der Waals surface area contributed by atoms with Crippen molar-refractivity contribution in [1.29, 1.82) is 0 Å². The standard InChI is InChI=1S/C24H32N2O2S/c1-16-11-12-17(2)20(15-16)28-14-8-13-24(5,6)22(27)26-23(29)25-21-18(3)9-7-10-19(21)4/h7,9-12,15H,8,13-14H2,1-6H3,(H2,25,26,27,29). The fraction of sp³-hybridized carbons (Fsp3) is 0.417. The predicted octanol–water partition coefficient (Wildman–Crippen LogP) is 5.62. The molecule has 0 saturated carbocycles. The van der Waals surface area contributed by atoms with Crippen molar-refractivity contribution in [3.05, 3.63) is 58.7 Å². The summed E-state index contributed by atoms with van der Waals surface area (Å²) in [4.78, 5) is 12.7. The smallest absolute Gasteiger partial charge is 0.231 e. The van der Waals surface area contributed by atoms with E-state index in [1.165, 1.54) is 5.56 Å². The Morgan fingerprint density at radius 2 is 1.69 bits per heavy atom. The molecule has 1 amide bonds. The molecular formula is C24H32N2O2S. The Hall–Kier alpha value is -2.40. The average molecular weight is 413 g/mol. The maximum Gasteiger partial charge on any atom is 0.231 e. The second-order valence-corrected chi connectivity index (χ2v) is 8.69. The van der Waals surface area contributed by atoms with E-state index in [2.05, 4.69) is 29.7 Å². The quantitative estimate of drug-likeness (QED) is 0.458. The van der Waals surface area contributed by atoms with E-state index in [1.54, 1.807) is 0 Å². The number of nitrogens with one attached hydrogen (secondary N) is 2. The monoisotopic (exact) mass is 412 g/mol. The van der Waals surface area contributed by atoms with Crippen molar-refractivity contribution in [2.24, 2.45) is 5.41 Å². The van der Waals surface area contributed by atoms with E-state index in [4.69, 9.17) is 17.0 Å². The molecule has 0 bridgehead atoms. The first-order chi connectivity index (χ1) is 13.6. The summed E-state index contributed by atoms with van der Waals surface area (Å²) in [5.41, 5.74) is 4.87. The molecule has 0 spiro atoms. The van der Waals surface area contributed by atoms with Gasteiger partial charge in [0.05, 0.1) is 6.61 Å². The maximum absolute atomic E-state index is 12.7. The maximum atomic E-state index is 12.7. The zero-order chi connectivity index (χ0) is 21.6. The van der Waals surface area contributed by atoms with Crippen LogP contribution in [0.15, 0.2) is 36.4 Å². The summed E-state index contributed by atoms with van der Waals surface area (Å²) in [6.45, 7) is 12.6. The third-order valence-corrected chi connectivity index (χ3v) is 5.31. The van der Waals surface area contributed by atoms with Gasteiger partial charge < -0.3 is 15.4 Å². The number of ether oxygens (including phenoxy) is 1. The number of hydrogen-bond acceptors (Lipinski definition) is 3. The SMILES string of the molecule is Cc1ccc(C)c(OCCCC(C)(C)C(=O)NC(=S)Nc2c(C)cccc2C)c1. The van der Waals surface area contributed by atoms with Crippen LogP contribution in [0.4, 0.5) is 5.69 Å². The molecule has 2 rings (SSSR count). The van der Waals surface area contributed by atoms with Crippen LogP contribution in [0.25, 0.3) is 0 Å². The Bertz CT molecular complexity index is 870. The van der Waals surface area contributed by atoms with Crippen LogP contribution in [-0.4, -0.2) is 17.6 Å². The van der Waals surface area contributed by atoms with Crippen LogP contribution in [0.2, 0.25) is 0 Å². The number of para-hydroxylation sites is 1. The first kappa shape index (κ1) is 22.9. The molecular weight excluding hydrogens is 380 g/mol. The summed E-state index contributed by atoms with van der Waals surface area (Å²) < 4.78 is 5.91. The van der Waals surface area contributed by atoms with E-state index >= 15 is 0 Å². The van der Waals surface area contributed by atoms with Gasteiger partial charge in [-0.15, -0.1) is 0 Å². The predicted molar refractivity (Wildman–Crippen MR) is 125 cm³/mol. The second-order valence-electron chi connectivity index (χ2n) is 8.28. The van der Waals surface area contributed by atoms with Crippen molar-refractivity contribution in [2.75, 3.05) is 11.9 Å². The molecule has 156 valence electrons. The van der Waals surface area contributed by atoms with Gasteiger partial charge in [-0.1, -0.05) is 44.2 Å². The number of rotatable bonds is 7. The highest BCUT2D eigenvalue weighted by atomic mass is 32.1. The lowest BCUT2D eigenvalue weighted by atomic mass is 9.87. The van der Waals surface area contributed by atoms with Gasteiger partial charge in [0.25, 0.3) is 0 Å². The molecule has 0 atom stereocenters. The van der Waals surface area contributed by atoms with E-state index in [0.717, 1.165) is 34.5 Å². The zero-order valence-corrected chi connectivity index (χ0v) is 19.1. The molecule has 0 aliphatic rings. The van der Waals surface area contributed by atoms with Gasteiger partial charge in [-0.25, -0.2) is 0 Å². The van der Waals surface area contributed by atoms with Crippen LogP contribution in [0.5, 0.6) is 5.75 Å². The number of amides is 1. The molecule has 2 aromatic carbocycles. The van der Waals surface area contributed by atoms with Crippen LogP contribution >= 0.6 is 12.2 Å². The van der Waals surface area contributed by atoms with Crippen molar-refractivity contribution in [3.8, 4) is 5.75 Å². The van der Waals surface area contributed by atoms with Gasteiger partial charge in [-0.05, 0) is 81.1 Å². The summed E-state index contributed by atoms with van der Waals surface area (Å²) in [5, 5.41) is 6.32. The Kier molecular flexibility index (Phi) is 7.80. The molecule has 0 aliphatic heterocycles. The van der Waals surface area contributed by atoms with Crippen molar-refractivity contribution in [1.82, 2.24) is 5.32 Å². The summed E-state index contributed by atoms with van der Waals surface area (Å²) in [6, 6.07) is 12.2. The van der Waals surface area contributed by atoms with E-state index in [0.29, 0.717) is 18.1 Å². The molecule has 2 aromatic rings. The number of carbonyl (C=O) groups is 1. The minimum atomic E-state index is -0.544. The average Bonchev–Trinajstić information content (AvgIpc) is 2.64. The topological polar surface area (TPSA) is 50.4 Å². The molecule has 5 heteroatoms. The van der Waals surface area contributed by atoms with Crippen LogP contribution in [-0.2, 0) is 4.79 Å². The van der Waals surface area contributed by atoms with Crippen LogP contribution in [0.1, 0.15) is 48.9 Å². The molecule has 0 heterocycles. The lowest BCUT2D eigenvalue weighted by Gasteiger charge is -2.24. The number of anilines is 1. The molecule has 0 saturated heterocycles. The Morgan fingerprint density at radius 1 is 1.03 bits per heavy atom. The number of hydrogen-bond donors (Lipinski definition) is 2. The fourth-order valence-electron chi connectivity index (χ4n) is 3.10. The van der Waals surface area contributed by atoms with Gasteiger partial charge in [0.15, 0.2) is 5.11 Å². The molecule has 0 aliphatic carbocycles. The highest BCUT2D eigenvalue weighted by Gasteiger charge is 2.28. The van der Waals surface area contributed by atoms with Gasteiger partial charge in [-0.3, -0.25) is 4.79 Å². The number of carbonyl (C=O) groups excluding carboxylic acids is 1. The number of thiocarbonyl (C=S) groups is 1. The van der Waals surface area contributed by atoms with E-state index in [-0.39, 0.29) is 5.91 Å². The Labute approximate surface area is 180 Å². The van der Waals surface area contributed by atoms with Gasteiger partial charge in [-0.2, -0.15) is 0 Å². The summed E-state index contributed by atoms with van der Waals surface area (Å²) >= 11 is 5.36. The number of aryl methyl sites for hydroxylation is 4. The van der Waals surface area contributed by atoms with Crippen LogP contribution in [0.3, 0.4) is 0 Å².